The lowest BCUT2D eigenvalue weighted by Gasteiger charge is -2.34. The summed E-state index contributed by atoms with van der Waals surface area (Å²) in [5, 5.41) is 11.8. The van der Waals surface area contributed by atoms with Crippen molar-refractivity contribution in [3.8, 4) is 0 Å². The maximum Gasteiger partial charge on any atom is 0.257 e. The molecule has 0 fully saturated rings. The van der Waals surface area contributed by atoms with Crippen LogP contribution in [0.15, 0.2) is 48.5 Å². The zero-order chi connectivity index (χ0) is 15.0. The lowest BCUT2D eigenvalue weighted by molar-refractivity contribution is -0.0484. The van der Waals surface area contributed by atoms with E-state index in [2.05, 4.69) is 0 Å². The maximum absolute atomic E-state index is 12.5. The Bertz CT molecular complexity index is 687. The largest absolute Gasteiger partial charge is 0.363 e. The van der Waals surface area contributed by atoms with Crippen LogP contribution in [0, 0.1) is 0 Å². The number of aliphatic hydroxyl groups is 1. The molecule has 0 aromatic heterocycles. The standard InChI is InChI=1S/C16H15ClN2O2/c17-12-7-5-11(6-8-12)16(21)14-4-2-1-3-13(14)15(20)19(16)10-9-18/h1-8,21H,9-10,18H2/t16-/m1/s1. The van der Waals surface area contributed by atoms with Crippen LogP contribution in [0.1, 0.15) is 21.5 Å². The number of rotatable bonds is 3. The molecule has 21 heavy (non-hydrogen) atoms. The Morgan fingerprint density at radius 1 is 1.14 bits per heavy atom. The van der Waals surface area contributed by atoms with Gasteiger partial charge < -0.3 is 15.7 Å². The minimum Gasteiger partial charge on any atom is -0.363 e. The van der Waals surface area contributed by atoms with Crippen molar-refractivity contribution < 1.29 is 9.90 Å². The Kier molecular flexibility index (Phi) is 3.45. The third-order valence-corrected chi connectivity index (χ3v) is 4.02. The lowest BCUT2D eigenvalue weighted by atomic mass is 9.94. The van der Waals surface area contributed by atoms with Crippen molar-refractivity contribution in [2.45, 2.75) is 5.72 Å². The van der Waals surface area contributed by atoms with Crippen LogP contribution in [0.2, 0.25) is 5.02 Å². The van der Waals surface area contributed by atoms with Crippen molar-refractivity contribution in [3.63, 3.8) is 0 Å². The Morgan fingerprint density at radius 3 is 2.48 bits per heavy atom. The van der Waals surface area contributed by atoms with Gasteiger partial charge in [0, 0.05) is 34.8 Å². The van der Waals surface area contributed by atoms with Crippen molar-refractivity contribution in [2.24, 2.45) is 5.73 Å². The highest BCUT2D eigenvalue weighted by atomic mass is 35.5. The second-order valence-corrected chi connectivity index (χ2v) is 5.41. The molecule has 108 valence electrons. The number of nitrogens with zero attached hydrogens (tertiary/aromatic N) is 1. The summed E-state index contributed by atoms with van der Waals surface area (Å²) < 4.78 is 0. The molecule has 2 aromatic rings. The molecule has 0 unspecified atom stereocenters. The SMILES string of the molecule is NCCN1C(=O)c2ccccc2[C@]1(O)c1ccc(Cl)cc1. The maximum atomic E-state index is 12.5. The highest BCUT2D eigenvalue weighted by Crippen LogP contribution is 2.41. The fourth-order valence-electron chi connectivity index (χ4n) is 2.80. The molecule has 1 aliphatic rings. The summed E-state index contributed by atoms with van der Waals surface area (Å²) >= 11 is 5.91. The van der Waals surface area contributed by atoms with Crippen LogP contribution >= 0.6 is 11.6 Å². The quantitative estimate of drug-likeness (QED) is 0.910. The van der Waals surface area contributed by atoms with E-state index in [-0.39, 0.29) is 19.0 Å². The predicted octanol–water partition coefficient (Wildman–Crippen LogP) is 1.95. The molecule has 0 bridgehead atoms. The molecule has 1 heterocycles. The van der Waals surface area contributed by atoms with Gasteiger partial charge >= 0.3 is 0 Å². The van der Waals surface area contributed by atoms with Crippen molar-refractivity contribution in [1.82, 2.24) is 4.90 Å². The molecule has 3 N–H and O–H groups in total. The molecule has 2 aromatic carbocycles. The monoisotopic (exact) mass is 302 g/mol. The van der Waals surface area contributed by atoms with E-state index in [9.17, 15) is 9.90 Å². The van der Waals surface area contributed by atoms with Crippen molar-refractivity contribution in [1.29, 1.82) is 0 Å². The number of benzene rings is 2. The van der Waals surface area contributed by atoms with Gasteiger partial charge in [0.25, 0.3) is 5.91 Å². The number of fused-ring (bicyclic) bond motifs is 1. The van der Waals surface area contributed by atoms with Gasteiger partial charge in [0.1, 0.15) is 0 Å². The van der Waals surface area contributed by atoms with Crippen LogP contribution < -0.4 is 5.73 Å². The van der Waals surface area contributed by atoms with E-state index in [4.69, 9.17) is 17.3 Å². The molecule has 0 aliphatic carbocycles. The number of halogens is 1. The molecule has 1 atom stereocenters. The fraction of sp³-hybridized carbons (Fsp3) is 0.188. The summed E-state index contributed by atoms with van der Waals surface area (Å²) in [5.41, 5.74) is 5.77. The van der Waals surface area contributed by atoms with Crippen LogP contribution in [-0.4, -0.2) is 29.0 Å². The zero-order valence-corrected chi connectivity index (χ0v) is 12.0. The third kappa shape index (κ3) is 2.03. The minimum atomic E-state index is -1.50. The number of carbonyl (C=O) groups is 1. The van der Waals surface area contributed by atoms with Crippen LogP contribution in [0.25, 0.3) is 0 Å². The minimum absolute atomic E-state index is 0.214. The molecular formula is C16H15ClN2O2. The molecule has 0 spiro atoms. The summed E-state index contributed by atoms with van der Waals surface area (Å²) in [6, 6.07) is 13.9. The van der Waals surface area contributed by atoms with Gasteiger partial charge in [-0.3, -0.25) is 4.79 Å². The fourth-order valence-corrected chi connectivity index (χ4v) is 2.92. The molecule has 1 aliphatic heterocycles. The smallest absolute Gasteiger partial charge is 0.257 e. The first kappa shape index (κ1) is 14.1. The molecule has 4 nitrogen and oxygen atoms in total. The number of hydrogen-bond acceptors (Lipinski definition) is 3. The zero-order valence-electron chi connectivity index (χ0n) is 11.3. The van der Waals surface area contributed by atoms with Crippen LogP contribution in [0.4, 0.5) is 0 Å². The van der Waals surface area contributed by atoms with Gasteiger partial charge in [0.15, 0.2) is 5.72 Å². The van der Waals surface area contributed by atoms with E-state index in [1.807, 2.05) is 0 Å². The second-order valence-electron chi connectivity index (χ2n) is 4.97. The summed E-state index contributed by atoms with van der Waals surface area (Å²) in [6.07, 6.45) is 0. The average Bonchev–Trinajstić information content (AvgIpc) is 2.72. The molecule has 1 amide bonds. The first-order valence-electron chi connectivity index (χ1n) is 6.69. The molecular weight excluding hydrogens is 288 g/mol. The summed E-state index contributed by atoms with van der Waals surface area (Å²) in [4.78, 5) is 13.9. The topological polar surface area (TPSA) is 66.6 Å². The van der Waals surface area contributed by atoms with E-state index < -0.39 is 5.72 Å². The van der Waals surface area contributed by atoms with Crippen molar-refractivity contribution in [3.05, 3.63) is 70.2 Å². The molecule has 5 heteroatoms. The predicted molar refractivity (Wildman–Crippen MR) is 81.0 cm³/mol. The molecule has 0 saturated heterocycles. The van der Waals surface area contributed by atoms with Crippen molar-refractivity contribution in [2.75, 3.05) is 13.1 Å². The van der Waals surface area contributed by atoms with E-state index in [1.165, 1.54) is 4.90 Å². The number of hydrogen-bond donors (Lipinski definition) is 2. The molecule has 3 rings (SSSR count). The normalized spacial score (nSPS) is 20.7. The van der Waals surface area contributed by atoms with Crippen LogP contribution in [0.3, 0.4) is 0 Å². The first-order chi connectivity index (χ1) is 10.1. The Hall–Kier alpha value is -1.88. The van der Waals surface area contributed by atoms with Crippen LogP contribution in [-0.2, 0) is 5.72 Å². The van der Waals surface area contributed by atoms with Gasteiger partial charge in [-0.1, -0.05) is 41.9 Å². The highest BCUT2D eigenvalue weighted by Gasteiger charge is 2.49. The summed E-state index contributed by atoms with van der Waals surface area (Å²) in [7, 11) is 0. The van der Waals surface area contributed by atoms with Gasteiger partial charge in [0.2, 0.25) is 0 Å². The van der Waals surface area contributed by atoms with Crippen LogP contribution in [0.5, 0.6) is 0 Å². The Morgan fingerprint density at radius 2 is 1.81 bits per heavy atom. The van der Waals surface area contributed by atoms with E-state index in [0.717, 1.165) is 0 Å². The van der Waals surface area contributed by atoms with Gasteiger partial charge in [-0.05, 0) is 18.2 Å². The van der Waals surface area contributed by atoms with Gasteiger partial charge in [0.05, 0.1) is 0 Å². The Balaban J connectivity index is 2.21. The number of amides is 1. The van der Waals surface area contributed by atoms with E-state index in [1.54, 1.807) is 48.5 Å². The van der Waals surface area contributed by atoms with Crippen molar-refractivity contribution >= 4 is 17.5 Å². The number of carbonyl (C=O) groups excluding carboxylic acids is 1. The van der Waals surface area contributed by atoms with Gasteiger partial charge in [-0.15, -0.1) is 0 Å². The summed E-state index contributed by atoms with van der Waals surface area (Å²) in [5.74, 6) is -0.214. The number of nitrogens with two attached hydrogens (primary N) is 1. The average molecular weight is 303 g/mol. The highest BCUT2D eigenvalue weighted by molar-refractivity contribution is 6.30. The Labute approximate surface area is 127 Å². The van der Waals surface area contributed by atoms with E-state index >= 15 is 0 Å². The third-order valence-electron chi connectivity index (χ3n) is 3.77. The molecule has 0 radical (unpaired) electrons. The second kappa shape index (κ2) is 5.15. The summed E-state index contributed by atoms with van der Waals surface area (Å²) in [6.45, 7) is 0.544. The first-order valence-corrected chi connectivity index (χ1v) is 7.07. The molecule has 0 saturated carbocycles. The lowest BCUT2D eigenvalue weighted by Crippen LogP contribution is -2.46. The van der Waals surface area contributed by atoms with Gasteiger partial charge in [-0.2, -0.15) is 0 Å². The van der Waals surface area contributed by atoms with Gasteiger partial charge in [-0.25, -0.2) is 0 Å². The van der Waals surface area contributed by atoms with E-state index in [0.29, 0.717) is 21.7 Å².